The predicted molar refractivity (Wildman–Crippen MR) is 61.1 cm³/mol. The summed E-state index contributed by atoms with van der Waals surface area (Å²) in [6.07, 6.45) is 3.19. The molecule has 3 nitrogen and oxygen atoms in total. The molecule has 0 atom stereocenters. The third-order valence-corrected chi connectivity index (χ3v) is 2.16. The Morgan fingerprint density at radius 3 is 2.07 bits per heavy atom. The topological polar surface area (TPSA) is 44.1 Å². The molecule has 0 unspecified atom stereocenters. The molecule has 0 heterocycles. The van der Waals surface area contributed by atoms with Gasteiger partial charge in [0.15, 0.2) is 0 Å². The van der Waals surface area contributed by atoms with Crippen molar-refractivity contribution in [1.29, 1.82) is 5.26 Å². The van der Waals surface area contributed by atoms with Crippen LogP contribution >= 0.6 is 0 Å². The minimum absolute atomic E-state index is 0.0261. The van der Waals surface area contributed by atoms with Crippen LogP contribution in [0.15, 0.2) is 11.1 Å². The molecule has 0 radical (unpaired) electrons. The van der Waals surface area contributed by atoms with Gasteiger partial charge in [0.05, 0.1) is 6.07 Å². The van der Waals surface area contributed by atoms with Crippen LogP contribution in [0.25, 0.3) is 0 Å². The Hall–Kier alpha value is -1.30. The summed E-state index contributed by atoms with van der Waals surface area (Å²) in [5.74, 6) is -0.0261. The van der Waals surface area contributed by atoms with Crippen molar-refractivity contribution in [3.05, 3.63) is 11.1 Å². The highest BCUT2D eigenvalue weighted by Gasteiger charge is 2.15. The number of hydrogen-bond donors (Lipinski definition) is 0. The van der Waals surface area contributed by atoms with E-state index in [1.807, 2.05) is 13.8 Å². The molecular weight excluding hydrogens is 188 g/mol. The first-order chi connectivity index (χ1) is 7.08. The zero-order valence-electron chi connectivity index (χ0n) is 10.1. The normalized spacial score (nSPS) is 11.7. The Bertz CT molecular complexity index is 284. The summed E-state index contributed by atoms with van der Waals surface area (Å²) in [4.78, 5) is 13.4. The van der Waals surface area contributed by atoms with Gasteiger partial charge in [-0.1, -0.05) is 26.7 Å². The molecule has 1 amide bonds. The van der Waals surface area contributed by atoms with Crippen molar-refractivity contribution in [2.75, 3.05) is 14.1 Å². The van der Waals surface area contributed by atoms with Crippen molar-refractivity contribution in [1.82, 2.24) is 4.90 Å². The quantitative estimate of drug-likeness (QED) is 0.514. The molecule has 0 aromatic carbocycles. The maximum absolute atomic E-state index is 11.8. The Morgan fingerprint density at radius 1 is 1.20 bits per heavy atom. The maximum Gasteiger partial charge on any atom is 0.250 e. The molecular formula is C12H20N2O. The summed E-state index contributed by atoms with van der Waals surface area (Å²) in [5, 5.41) is 9.01. The zero-order valence-corrected chi connectivity index (χ0v) is 10.1. The van der Waals surface area contributed by atoms with Crippen LogP contribution in [0, 0.1) is 11.3 Å². The van der Waals surface area contributed by atoms with E-state index in [4.69, 9.17) is 5.26 Å². The molecule has 0 aromatic rings. The number of allylic oxidation sites excluding steroid dienone is 1. The molecule has 84 valence electrons. The highest BCUT2D eigenvalue weighted by atomic mass is 16.2. The van der Waals surface area contributed by atoms with Crippen molar-refractivity contribution in [2.24, 2.45) is 0 Å². The Labute approximate surface area is 92.4 Å². The first-order valence-corrected chi connectivity index (χ1v) is 5.42. The maximum atomic E-state index is 11.8. The molecule has 0 saturated heterocycles. The van der Waals surface area contributed by atoms with Crippen LogP contribution in [0.3, 0.4) is 0 Å². The smallest absolute Gasteiger partial charge is 0.250 e. The molecule has 0 rings (SSSR count). The number of likely N-dealkylation sites (N-methyl/N-ethyl adjacent to an activating group) is 1. The highest BCUT2D eigenvalue weighted by molar-refractivity contribution is 5.94. The minimum atomic E-state index is -0.0261. The van der Waals surface area contributed by atoms with Crippen molar-refractivity contribution in [3.63, 3.8) is 0 Å². The van der Waals surface area contributed by atoms with Crippen LogP contribution in [-0.4, -0.2) is 24.9 Å². The fourth-order valence-corrected chi connectivity index (χ4v) is 1.43. The van der Waals surface area contributed by atoms with Crippen LogP contribution in [0.2, 0.25) is 0 Å². The van der Waals surface area contributed by atoms with Crippen molar-refractivity contribution < 1.29 is 4.79 Å². The van der Waals surface area contributed by atoms with Gasteiger partial charge in [-0.15, -0.1) is 0 Å². The lowest BCUT2D eigenvalue weighted by Crippen LogP contribution is -2.24. The largest absolute Gasteiger partial charge is 0.345 e. The van der Waals surface area contributed by atoms with E-state index in [9.17, 15) is 4.79 Å². The Kier molecular flexibility index (Phi) is 6.44. The van der Waals surface area contributed by atoms with Gasteiger partial charge in [0, 0.05) is 25.2 Å². The highest BCUT2D eigenvalue weighted by Crippen LogP contribution is 2.17. The first-order valence-electron chi connectivity index (χ1n) is 5.42. The summed E-state index contributed by atoms with van der Waals surface area (Å²) in [7, 11) is 3.44. The molecule has 0 spiro atoms. The Balaban J connectivity index is 5.06. The molecule has 0 N–H and O–H groups in total. The van der Waals surface area contributed by atoms with Crippen molar-refractivity contribution in [2.45, 2.75) is 39.5 Å². The minimum Gasteiger partial charge on any atom is -0.345 e. The van der Waals surface area contributed by atoms with Gasteiger partial charge in [-0.3, -0.25) is 4.79 Å². The average Bonchev–Trinajstić information content (AvgIpc) is 2.22. The van der Waals surface area contributed by atoms with Crippen LogP contribution in [0.5, 0.6) is 0 Å². The SMILES string of the molecule is CCC/C(C#N)=C(\CCC)C(=O)N(C)C. The third-order valence-electron chi connectivity index (χ3n) is 2.16. The number of amides is 1. The van der Waals surface area contributed by atoms with E-state index in [2.05, 4.69) is 6.07 Å². The number of nitrogens with zero attached hydrogens (tertiary/aromatic N) is 2. The number of nitriles is 1. The summed E-state index contributed by atoms with van der Waals surface area (Å²) in [6.45, 7) is 4.03. The molecule has 0 aliphatic rings. The van der Waals surface area contributed by atoms with Gasteiger partial charge < -0.3 is 4.90 Å². The number of carbonyl (C=O) groups excluding carboxylic acids is 1. The number of carbonyl (C=O) groups is 1. The molecule has 0 aliphatic heterocycles. The van der Waals surface area contributed by atoms with Crippen molar-refractivity contribution in [3.8, 4) is 6.07 Å². The second-order valence-corrected chi connectivity index (χ2v) is 3.77. The van der Waals surface area contributed by atoms with Gasteiger partial charge >= 0.3 is 0 Å². The van der Waals surface area contributed by atoms with Gasteiger partial charge in [0.25, 0.3) is 0 Å². The van der Waals surface area contributed by atoms with E-state index in [1.165, 1.54) is 4.90 Å². The number of hydrogen-bond acceptors (Lipinski definition) is 2. The van der Waals surface area contributed by atoms with Crippen molar-refractivity contribution >= 4 is 5.91 Å². The van der Waals surface area contributed by atoms with E-state index in [1.54, 1.807) is 14.1 Å². The molecule has 0 saturated carbocycles. The summed E-state index contributed by atoms with van der Waals surface area (Å²) >= 11 is 0. The molecule has 15 heavy (non-hydrogen) atoms. The molecule has 0 aliphatic carbocycles. The third kappa shape index (κ3) is 4.16. The van der Waals surface area contributed by atoms with E-state index < -0.39 is 0 Å². The first kappa shape index (κ1) is 13.7. The standard InChI is InChI=1S/C12H20N2O/c1-5-7-10(9-13)11(8-6-2)12(15)14(3)4/h5-8H2,1-4H3/b11-10-. The van der Waals surface area contributed by atoms with E-state index in [-0.39, 0.29) is 5.91 Å². The number of rotatable bonds is 5. The lowest BCUT2D eigenvalue weighted by atomic mass is 10.00. The predicted octanol–water partition coefficient (Wildman–Crippen LogP) is 2.49. The summed E-state index contributed by atoms with van der Waals surface area (Å²) < 4.78 is 0. The van der Waals surface area contributed by atoms with Gasteiger partial charge in [-0.25, -0.2) is 0 Å². The lowest BCUT2D eigenvalue weighted by Gasteiger charge is -2.14. The van der Waals surface area contributed by atoms with Crippen LogP contribution in [-0.2, 0) is 4.79 Å². The van der Waals surface area contributed by atoms with Gasteiger partial charge in [0.1, 0.15) is 0 Å². The van der Waals surface area contributed by atoms with Crippen LogP contribution in [0.4, 0.5) is 0 Å². The van der Waals surface area contributed by atoms with Gasteiger partial charge in [0.2, 0.25) is 5.91 Å². The van der Waals surface area contributed by atoms with E-state index in [0.717, 1.165) is 12.8 Å². The Morgan fingerprint density at radius 2 is 1.73 bits per heavy atom. The van der Waals surface area contributed by atoms with Gasteiger partial charge in [-0.2, -0.15) is 5.26 Å². The zero-order chi connectivity index (χ0) is 11.8. The second kappa shape index (κ2) is 7.05. The second-order valence-electron chi connectivity index (χ2n) is 3.77. The lowest BCUT2D eigenvalue weighted by molar-refractivity contribution is -0.124. The average molecular weight is 208 g/mol. The van der Waals surface area contributed by atoms with Crippen LogP contribution in [0.1, 0.15) is 39.5 Å². The summed E-state index contributed by atoms with van der Waals surface area (Å²) in [6, 6.07) is 2.16. The molecule has 0 bridgehead atoms. The van der Waals surface area contributed by atoms with Crippen LogP contribution < -0.4 is 0 Å². The monoisotopic (exact) mass is 208 g/mol. The fourth-order valence-electron chi connectivity index (χ4n) is 1.43. The molecule has 0 fully saturated rings. The van der Waals surface area contributed by atoms with E-state index >= 15 is 0 Å². The molecule has 3 heteroatoms. The fraction of sp³-hybridized carbons (Fsp3) is 0.667. The van der Waals surface area contributed by atoms with Gasteiger partial charge in [-0.05, 0) is 12.8 Å². The summed E-state index contributed by atoms with van der Waals surface area (Å²) in [5.41, 5.74) is 1.34. The van der Waals surface area contributed by atoms with E-state index in [0.29, 0.717) is 24.0 Å². The molecule has 0 aromatic heterocycles.